The van der Waals surface area contributed by atoms with E-state index in [0.717, 1.165) is 25.9 Å². The molecule has 0 aromatic carbocycles. The number of aromatic nitrogens is 1. The first-order valence-corrected chi connectivity index (χ1v) is 6.97. The van der Waals surface area contributed by atoms with E-state index in [9.17, 15) is 4.79 Å². The Morgan fingerprint density at radius 3 is 2.00 bits per heavy atom. The molecule has 2 heterocycles. The van der Waals surface area contributed by atoms with Crippen LogP contribution < -0.4 is 10.6 Å². The molecule has 0 aliphatic carbocycles. The third-order valence-corrected chi connectivity index (χ3v) is 3.05. The summed E-state index contributed by atoms with van der Waals surface area (Å²) in [6.45, 7) is 7.96. The summed E-state index contributed by atoms with van der Waals surface area (Å²) in [5, 5.41) is 5.95. The minimum atomic E-state index is -0.125. The summed E-state index contributed by atoms with van der Waals surface area (Å²) in [6.07, 6.45) is 5.40. The Balaban J connectivity index is 0.000000341. The molecule has 4 heteroatoms. The fourth-order valence-corrected chi connectivity index (χ4v) is 1.82. The number of carbonyl (C=O) groups is 1. The lowest BCUT2D eigenvalue weighted by Crippen LogP contribution is -2.44. The van der Waals surface area contributed by atoms with E-state index in [2.05, 4.69) is 15.6 Å². The highest BCUT2D eigenvalue weighted by Crippen LogP contribution is 2.27. The maximum Gasteiger partial charge on any atom is 0.225 e. The van der Waals surface area contributed by atoms with Gasteiger partial charge >= 0.3 is 0 Å². The molecule has 2 rings (SSSR count). The highest BCUT2D eigenvalue weighted by Gasteiger charge is 2.33. The average Bonchev–Trinajstić information content (AvgIpc) is 2.51. The summed E-state index contributed by atoms with van der Waals surface area (Å²) in [5.74, 6) is 0.180. The smallest absolute Gasteiger partial charge is 0.225 e. The van der Waals surface area contributed by atoms with Crippen molar-refractivity contribution >= 4 is 5.91 Å². The average molecular weight is 265 g/mol. The van der Waals surface area contributed by atoms with Crippen LogP contribution in [0.5, 0.6) is 0 Å². The molecule has 0 atom stereocenters. The summed E-state index contributed by atoms with van der Waals surface area (Å²) < 4.78 is 0. The maximum atomic E-state index is 11.3. The molecule has 1 amide bonds. The largest absolute Gasteiger partial charge is 0.359 e. The first-order chi connectivity index (χ1) is 9.19. The molecule has 0 saturated carbocycles. The Morgan fingerprint density at radius 1 is 1.16 bits per heavy atom. The van der Waals surface area contributed by atoms with Crippen LogP contribution in [0.3, 0.4) is 0 Å². The number of pyridine rings is 1. The molecule has 108 valence electrons. The fourth-order valence-electron chi connectivity index (χ4n) is 1.82. The van der Waals surface area contributed by atoms with Crippen LogP contribution in [-0.4, -0.2) is 31.0 Å². The van der Waals surface area contributed by atoms with Crippen molar-refractivity contribution in [3.05, 3.63) is 30.6 Å². The zero-order valence-electron chi connectivity index (χ0n) is 12.6. The third-order valence-electron chi connectivity index (χ3n) is 3.05. The number of rotatable bonds is 1. The van der Waals surface area contributed by atoms with Gasteiger partial charge in [0.1, 0.15) is 0 Å². The molecule has 1 aromatic rings. The fraction of sp³-hybridized carbons (Fsp3) is 0.600. The van der Waals surface area contributed by atoms with Crippen LogP contribution in [0, 0.1) is 5.41 Å². The van der Waals surface area contributed by atoms with Gasteiger partial charge in [-0.1, -0.05) is 26.8 Å². The summed E-state index contributed by atoms with van der Waals surface area (Å²) in [7, 11) is 1.70. The molecule has 1 aliphatic heterocycles. The third kappa shape index (κ3) is 6.91. The molecular formula is C15H27N3O. The van der Waals surface area contributed by atoms with Gasteiger partial charge in [0, 0.05) is 24.9 Å². The minimum absolute atomic E-state index is 0.125. The highest BCUT2D eigenvalue weighted by molar-refractivity contribution is 5.82. The number of carbonyl (C=O) groups excluding carboxylic acids is 1. The lowest BCUT2D eigenvalue weighted by Gasteiger charge is -2.31. The maximum absolute atomic E-state index is 11.3. The number of hydrogen-bond donors (Lipinski definition) is 2. The number of piperidine rings is 1. The lowest BCUT2D eigenvalue weighted by atomic mass is 9.80. The van der Waals surface area contributed by atoms with Gasteiger partial charge in [-0.2, -0.15) is 0 Å². The Labute approximate surface area is 117 Å². The van der Waals surface area contributed by atoms with Crippen molar-refractivity contribution < 1.29 is 4.79 Å². The van der Waals surface area contributed by atoms with Gasteiger partial charge in [0.25, 0.3) is 0 Å². The Hall–Kier alpha value is -1.42. The first-order valence-electron chi connectivity index (χ1n) is 6.97. The van der Waals surface area contributed by atoms with Gasteiger partial charge in [0.05, 0.1) is 0 Å². The van der Waals surface area contributed by atoms with Crippen molar-refractivity contribution in [3.8, 4) is 0 Å². The molecule has 0 radical (unpaired) electrons. The van der Waals surface area contributed by atoms with Crippen LogP contribution in [0.25, 0.3) is 0 Å². The molecule has 1 saturated heterocycles. The van der Waals surface area contributed by atoms with Crippen LogP contribution in [0.4, 0.5) is 0 Å². The van der Waals surface area contributed by atoms with Crippen molar-refractivity contribution in [1.29, 1.82) is 0 Å². The molecule has 0 unspecified atom stereocenters. The zero-order chi connectivity index (χ0) is 14.6. The molecule has 0 spiro atoms. The normalized spacial score (nSPS) is 16.0. The standard InChI is InChI=1S/C8H16N2O.C5H5N.C2H6/c1-8(7(11)9-2)3-5-10-6-4-8;1-2-4-6-5-3-1;1-2/h10H,3-6H2,1-2H3,(H,9,11);1-5H;1-2H3. The molecule has 1 fully saturated rings. The van der Waals surface area contributed by atoms with Gasteiger partial charge in [0.2, 0.25) is 5.91 Å². The van der Waals surface area contributed by atoms with Crippen LogP contribution in [0.1, 0.15) is 33.6 Å². The summed E-state index contributed by atoms with van der Waals surface area (Å²) in [6, 6.07) is 5.72. The topological polar surface area (TPSA) is 54.0 Å². The number of nitrogens with one attached hydrogen (secondary N) is 2. The molecule has 0 bridgehead atoms. The van der Waals surface area contributed by atoms with Gasteiger partial charge in [-0.3, -0.25) is 9.78 Å². The predicted octanol–water partition coefficient (Wildman–Crippen LogP) is 2.23. The van der Waals surface area contributed by atoms with E-state index < -0.39 is 0 Å². The molecular weight excluding hydrogens is 238 g/mol. The van der Waals surface area contributed by atoms with Crippen molar-refractivity contribution in [2.75, 3.05) is 20.1 Å². The van der Waals surface area contributed by atoms with E-state index >= 15 is 0 Å². The highest BCUT2D eigenvalue weighted by atomic mass is 16.2. The van der Waals surface area contributed by atoms with Crippen LogP contribution in [-0.2, 0) is 4.79 Å². The van der Waals surface area contributed by atoms with Gasteiger partial charge in [-0.15, -0.1) is 0 Å². The van der Waals surface area contributed by atoms with Crippen molar-refractivity contribution in [2.24, 2.45) is 5.41 Å². The summed E-state index contributed by atoms with van der Waals surface area (Å²) >= 11 is 0. The second kappa shape index (κ2) is 10.5. The molecule has 4 nitrogen and oxygen atoms in total. The zero-order valence-corrected chi connectivity index (χ0v) is 12.6. The van der Waals surface area contributed by atoms with E-state index in [1.165, 1.54) is 0 Å². The quantitative estimate of drug-likeness (QED) is 0.818. The van der Waals surface area contributed by atoms with Crippen molar-refractivity contribution in [2.45, 2.75) is 33.6 Å². The molecule has 1 aromatic heterocycles. The SMILES string of the molecule is CC.CNC(=O)C1(C)CCNCC1.c1ccncc1. The lowest BCUT2D eigenvalue weighted by molar-refractivity contribution is -0.131. The molecule has 1 aliphatic rings. The van der Waals surface area contributed by atoms with Gasteiger partial charge in [0.15, 0.2) is 0 Å². The van der Waals surface area contributed by atoms with Gasteiger partial charge in [-0.05, 0) is 38.1 Å². The Kier molecular flexibility index (Phi) is 9.71. The number of nitrogens with zero attached hydrogens (tertiary/aromatic N) is 1. The molecule has 19 heavy (non-hydrogen) atoms. The van der Waals surface area contributed by atoms with E-state index in [0.29, 0.717) is 0 Å². The van der Waals surface area contributed by atoms with Gasteiger partial charge < -0.3 is 10.6 Å². The number of hydrogen-bond acceptors (Lipinski definition) is 3. The predicted molar refractivity (Wildman–Crippen MR) is 79.9 cm³/mol. The number of amides is 1. The van der Waals surface area contributed by atoms with E-state index in [1.54, 1.807) is 19.4 Å². The summed E-state index contributed by atoms with van der Waals surface area (Å²) in [4.78, 5) is 15.1. The van der Waals surface area contributed by atoms with Crippen LogP contribution in [0.2, 0.25) is 0 Å². The second-order valence-electron chi connectivity index (χ2n) is 4.41. The van der Waals surface area contributed by atoms with E-state index in [4.69, 9.17) is 0 Å². The second-order valence-corrected chi connectivity index (χ2v) is 4.41. The monoisotopic (exact) mass is 265 g/mol. The Morgan fingerprint density at radius 2 is 1.68 bits per heavy atom. The molecule has 2 N–H and O–H groups in total. The van der Waals surface area contributed by atoms with Crippen LogP contribution in [0.15, 0.2) is 30.6 Å². The summed E-state index contributed by atoms with van der Waals surface area (Å²) in [5.41, 5.74) is -0.125. The van der Waals surface area contributed by atoms with Gasteiger partial charge in [-0.25, -0.2) is 0 Å². The first kappa shape index (κ1) is 17.6. The Bertz CT molecular complexity index is 295. The van der Waals surface area contributed by atoms with Crippen molar-refractivity contribution in [3.63, 3.8) is 0 Å². The van der Waals surface area contributed by atoms with Crippen molar-refractivity contribution in [1.82, 2.24) is 15.6 Å². The van der Waals surface area contributed by atoms with E-state index in [-0.39, 0.29) is 11.3 Å². The van der Waals surface area contributed by atoms with E-state index in [1.807, 2.05) is 39.0 Å². The minimum Gasteiger partial charge on any atom is -0.359 e. The van der Waals surface area contributed by atoms with Crippen LogP contribution >= 0.6 is 0 Å².